The second-order valence-corrected chi connectivity index (χ2v) is 5.36. The van der Waals surface area contributed by atoms with Crippen molar-refractivity contribution >= 4 is 5.97 Å². The Labute approximate surface area is 126 Å². The number of rotatable bonds is 6. The zero-order valence-corrected chi connectivity index (χ0v) is 12.8. The molecular weight excluding hydrogens is 268 g/mol. The largest absolute Gasteiger partial charge is 0.467 e. The molecule has 0 N–H and O–H groups in total. The van der Waals surface area contributed by atoms with Gasteiger partial charge in [0.2, 0.25) is 0 Å². The van der Waals surface area contributed by atoms with Gasteiger partial charge in [-0.15, -0.1) is 0 Å². The van der Waals surface area contributed by atoms with E-state index >= 15 is 0 Å². The molecule has 1 aromatic rings. The summed E-state index contributed by atoms with van der Waals surface area (Å²) in [7, 11) is 1.61. The Bertz CT molecular complexity index is 458. The van der Waals surface area contributed by atoms with Crippen molar-refractivity contribution in [1.82, 2.24) is 0 Å². The van der Waals surface area contributed by atoms with Crippen molar-refractivity contribution in [2.24, 2.45) is 0 Å². The summed E-state index contributed by atoms with van der Waals surface area (Å²) in [6.07, 6.45) is 4.59. The van der Waals surface area contributed by atoms with Gasteiger partial charge < -0.3 is 14.2 Å². The molecule has 1 saturated carbocycles. The monoisotopic (exact) mass is 292 g/mol. The zero-order valence-electron chi connectivity index (χ0n) is 12.8. The van der Waals surface area contributed by atoms with E-state index in [1.165, 1.54) is 0 Å². The average Bonchev–Trinajstić information content (AvgIpc) is 2.53. The molecule has 2 rings (SSSR count). The summed E-state index contributed by atoms with van der Waals surface area (Å²) in [5.74, 6) is 0.910. The van der Waals surface area contributed by atoms with Gasteiger partial charge >= 0.3 is 5.97 Å². The van der Waals surface area contributed by atoms with Gasteiger partial charge in [0.15, 0.2) is 6.79 Å². The molecule has 0 unspecified atom stereocenters. The second kappa shape index (κ2) is 8.03. The lowest BCUT2D eigenvalue weighted by Crippen LogP contribution is -2.28. The maximum Gasteiger partial charge on any atom is 0.305 e. The van der Waals surface area contributed by atoms with Crippen LogP contribution in [0.3, 0.4) is 0 Å². The van der Waals surface area contributed by atoms with Crippen LogP contribution in [-0.2, 0) is 14.3 Å². The molecular formula is C17H24O4. The second-order valence-electron chi connectivity index (χ2n) is 5.36. The Morgan fingerprint density at radius 2 is 2.00 bits per heavy atom. The lowest BCUT2D eigenvalue weighted by molar-refractivity contribution is -0.151. The molecule has 0 saturated heterocycles. The number of methoxy groups -OCH3 is 1. The van der Waals surface area contributed by atoms with Crippen LogP contribution in [0.5, 0.6) is 5.75 Å². The molecule has 1 aromatic carbocycles. The fraction of sp³-hybridized carbons (Fsp3) is 0.588. The van der Waals surface area contributed by atoms with Gasteiger partial charge in [-0.05, 0) is 25.3 Å². The highest BCUT2D eigenvalue weighted by Crippen LogP contribution is 2.39. The lowest BCUT2D eigenvalue weighted by Gasteiger charge is -2.32. The van der Waals surface area contributed by atoms with E-state index in [0.29, 0.717) is 6.42 Å². The van der Waals surface area contributed by atoms with Crippen molar-refractivity contribution in [3.05, 3.63) is 29.8 Å². The van der Waals surface area contributed by atoms with Crippen LogP contribution >= 0.6 is 0 Å². The van der Waals surface area contributed by atoms with E-state index in [9.17, 15) is 4.79 Å². The summed E-state index contributed by atoms with van der Waals surface area (Å²) in [6.45, 7) is 2.05. The molecule has 0 heterocycles. The third kappa shape index (κ3) is 4.21. The SMILES string of the molecule is CCC(=O)O[C@@H]1CCCC[C@H]1c1ccccc1OCOC. The number of ether oxygens (including phenoxy) is 3. The Kier molecular flexibility index (Phi) is 6.05. The predicted octanol–water partition coefficient (Wildman–Crippen LogP) is 3.65. The van der Waals surface area contributed by atoms with Crippen LogP contribution in [0.1, 0.15) is 50.5 Å². The number of para-hydroxylation sites is 1. The Morgan fingerprint density at radius 3 is 2.76 bits per heavy atom. The van der Waals surface area contributed by atoms with Crippen molar-refractivity contribution in [2.75, 3.05) is 13.9 Å². The average molecular weight is 292 g/mol. The minimum Gasteiger partial charge on any atom is -0.467 e. The van der Waals surface area contributed by atoms with Crippen LogP contribution < -0.4 is 4.74 Å². The molecule has 1 aliphatic rings. The first-order valence-electron chi connectivity index (χ1n) is 7.66. The maximum atomic E-state index is 11.6. The first-order valence-corrected chi connectivity index (χ1v) is 7.66. The molecule has 0 bridgehead atoms. The minimum absolute atomic E-state index is 0.0431. The standard InChI is InChI=1S/C17H24O4/c1-3-17(18)21-16-11-7-5-9-14(16)13-8-4-6-10-15(13)20-12-19-2/h4,6,8,10,14,16H,3,5,7,9,11-12H2,1-2H3/t14-,16+/m0/s1. The number of esters is 1. The first kappa shape index (κ1) is 15.8. The van der Waals surface area contributed by atoms with Crippen molar-refractivity contribution in [3.8, 4) is 5.75 Å². The van der Waals surface area contributed by atoms with Crippen LogP contribution in [0.2, 0.25) is 0 Å². The van der Waals surface area contributed by atoms with Gasteiger partial charge in [0.25, 0.3) is 0 Å². The van der Waals surface area contributed by atoms with E-state index in [4.69, 9.17) is 14.2 Å². The molecule has 0 aromatic heterocycles. The van der Waals surface area contributed by atoms with Crippen molar-refractivity contribution in [3.63, 3.8) is 0 Å². The fourth-order valence-electron chi connectivity index (χ4n) is 2.89. The molecule has 4 nitrogen and oxygen atoms in total. The van der Waals surface area contributed by atoms with Gasteiger partial charge in [0.1, 0.15) is 11.9 Å². The van der Waals surface area contributed by atoms with Crippen LogP contribution in [0.25, 0.3) is 0 Å². The summed E-state index contributed by atoms with van der Waals surface area (Å²) < 4.78 is 16.3. The number of carbonyl (C=O) groups is 1. The quantitative estimate of drug-likeness (QED) is 0.593. The van der Waals surface area contributed by atoms with E-state index in [-0.39, 0.29) is 24.8 Å². The Morgan fingerprint density at radius 1 is 1.24 bits per heavy atom. The highest BCUT2D eigenvalue weighted by molar-refractivity contribution is 5.69. The molecule has 0 aliphatic heterocycles. The Balaban J connectivity index is 2.18. The number of carbonyl (C=O) groups excluding carboxylic acids is 1. The summed E-state index contributed by atoms with van der Waals surface area (Å²) >= 11 is 0. The highest BCUT2D eigenvalue weighted by atomic mass is 16.7. The fourth-order valence-corrected chi connectivity index (χ4v) is 2.89. The van der Waals surface area contributed by atoms with E-state index in [0.717, 1.165) is 37.0 Å². The molecule has 1 aliphatic carbocycles. The Hall–Kier alpha value is -1.55. The van der Waals surface area contributed by atoms with Gasteiger partial charge in [-0.3, -0.25) is 4.79 Å². The van der Waals surface area contributed by atoms with E-state index in [1.807, 2.05) is 25.1 Å². The van der Waals surface area contributed by atoms with Crippen molar-refractivity contribution in [2.45, 2.75) is 51.0 Å². The van der Waals surface area contributed by atoms with Crippen molar-refractivity contribution in [1.29, 1.82) is 0 Å². The molecule has 0 amide bonds. The molecule has 1 fully saturated rings. The zero-order chi connectivity index (χ0) is 15.1. The summed E-state index contributed by atoms with van der Waals surface area (Å²) in [6, 6.07) is 7.96. The lowest BCUT2D eigenvalue weighted by atomic mass is 9.81. The van der Waals surface area contributed by atoms with Crippen LogP contribution in [0.15, 0.2) is 24.3 Å². The minimum atomic E-state index is -0.123. The normalized spacial score (nSPS) is 21.8. The van der Waals surface area contributed by atoms with E-state index in [1.54, 1.807) is 7.11 Å². The summed E-state index contributed by atoms with van der Waals surface area (Å²) in [5, 5.41) is 0. The number of hydrogen-bond donors (Lipinski definition) is 0. The third-order valence-corrected chi connectivity index (χ3v) is 3.92. The smallest absolute Gasteiger partial charge is 0.305 e. The van der Waals surface area contributed by atoms with Gasteiger partial charge in [-0.1, -0.05) is 31.5 Å². The van der Waals surface area contributed by atoms with Gasteiger partial charge in [-0.2, -0.15) is 0 Å². The van der Waals surface area contributed by atoms with Crippen LogP contribution in [-0.4, -0.2) is 26.0 Å². The van der Waals surface area contributed by atoms with Gasteiger partial charge in [-0.25, -0.2) is 0 Å². The molecule has 0 radical (unpaired) electrons. The molecule has 2 atom stereocenters. The molecule has 0 spiro atoms. The van der Waals surface area contributed by atoms with Crippen LogP contribution in [0, 0.1) is 0 Å². The number of hydrogen-bond acceptors (Lipinski definition) is 4. The molecule has 4 heteroatoms. The first-order chi connectivity index (χ1) is 10.3. The number of benzene rings is 1. The summed E-state index contributed by atoms with van der Waals surface area (Å²) in [4.78, 5) is 11.6. The third-order valence-electron chi connectivity index (χ3n) is 3.92. The molecule has 21 heavy (non-hydrogen) atoms. The summed E-state index contributed by atoms with van der Waals surface area (Å²) in [5.41, 5.74) is 1.11. The van der Waals surface area contributed by atoms with Gasteiger partial charge in [0, 0.05) is 25.0 Å². The van der Waals surface area contributed by atoms with Crippen LogP contribution in [0.4, 0.5) is 0 Å². The highest BCUT2D eigenvalue weighted by Gasteiger charge is 2.31. The molecule has 116 valence electrons. The van der Waals surface area contributed by atoms with Crippen molar-refractivity contribution < 1.29 is 19.0 Å². The topological polar surface area (TPSA) is 44.8 Å². The van der Waals surface area contributed by atoms with E-state index < -0.39 is 0 Å². The van der Waals surface area contributed by atoms with E-state index in [2.05, 4.69) is 6.07 Å². The van der Waals surface area contributed by atoms with Gasteiger partial charge in [0.05, 0.1) is 0 Å². The maximum absolute atomic E-state index is 11.6. The predicted molar refractivity (Wildman–Crippen MR) is 80.3 cm³/mol.